The van der Waals surface area contributed by atoms with Gasteiger partial charge in [0, 0.05) is 52.9 Å². The van der Waals surface area contributed by atoms with Crippen molar-refractivity contribution in [2.24, 2.45) is 0 Å². The van der Waals surface area contributed by atoms with Crippen LogP contribution in [0.5, 0.6) is 0 Å². The van der Waals surface area contributed by atoms with Gasteiger partial charge in [-0.05, 0) is 24.3 Å². The fourth-order valence-electron chi connectivity index (χ4n) is 3.06. The Bertz CT molecular complexity index is 1180. The standard InChI is InChI=1S/C22H20N6O2S2/c23-22-27-19(13-32-22)15-1-3-17(4-2-15)26-20(29)11-28(10-7-18-12-31-14-25-18)21(30)16-5-8-24-9-6-16/h1-6,8-9,12-14H,7,10-11H2,(H2,23,27)(H,26,29). The highest BCUT2D eigenvalue weighted by atomic mass is 32.1. The van der Waals surface area contributed by atoms with Crippen molar-refractivity contribution in [3.8, 4) is 11.3 Å². The molecule has 0 fully saturated rings. The van der Waals surface area contributed by atoms with Crippen LogP contribution in [-0.2, 0) is 11.2 Å². The largest absolute Gasteiger partial charge is 0.375 e. The van der Waals surface area contributed by atoms with E-state index in [1.54, 1.807) is 42.2 Å². The first-order valence-corrected chi connectivity index (χ1v) is 11.6. The summed E-state index contributed by atoms with van der Waals surface area (Å²) in [5.41, 5.74) is 11.2. The minimum absolute atomic E-state index is 0.0737. The fourth-order valence-corrected chi connectivity index (χ4v) is 4.22. The molecule has 4 aromatic rings. The molecule has 3 aromatic heterocycles. The summed E-state index contributed by atoms with van der Waals surface area (Å²) in [5, 5.41) is 7.18. The molecule has 4 rings (SSSR count). The van der Waals surface area contributed by atoms with E-state index in [0.717, 1.165) is 17.0 Å². The first kappa shape index (κ1) is 21.6. The van der Waals surface area contributed by atoms with Crippen molar-refractivity contribution in [2.75, 3.05) is 24.1 Å². The van der Waals surface area contributed by atoms with Gasteiger partial charge in [-0.3, -0.25) is 14.6 Å². The van der Waals surface area contributed by atoms with Crippen molar-refractivity contribution in [3.05, 3.63) is 76.3 Å². The van der Waals surface area contributed by atoms with E-state index in [-0.39, 0.29) is 18.4 Å². The molecule has 0 atom stereocenters. The maximum Gasteiger partial charge on any atom is 0.254 e. The predicted molar refractivity (Wildman–Crippen MR) is 127 cm³/mol. The van der Waals surface area contributed by atoms with Crippen LogP contribution in [-0.4, -0.2) is 44.8 Å². The van der Waals surface area contributed by atoms with Gasteiger partial charge in [-0.25, -0.2) is 9.97 Å². The highest BCUT2D eigenvalue weighted by Gasteiger charge is 2.19. The Kier molecular flexibility index (Phi) is 6.83. The Labute approximate surface area is 192 Å². The summed E-state index contributed by atoms with van der Waals surface area (Å²) in [6.45, 7) is 0.304. The molecule has 1 aromatic carbocycles. The van der Waals surface area contributed by atoms with E-state index in [1.807, 2.05) is 22.9 Å². The number of carbonyl (C=O) groups is 2. The van der Waals surface area contributed by atoms with Crippen LogP contribution >= 0.6 is 22.7 Å². The minimum atomic E-state index is -0.281. The molecule has 8 nitrogen and oxygen atoms in total. The number of benzene rings is 1. The number of aromatic nitrogens is 3. The third-order valence-corrected chi connectivity index (χ3v) is 5.97. The van der Waals surface area contributed by atoms with Crippen molar-refractivity contribution in [2.45, 2.75) is 6.42 Å². The Morgan fingerprint density at radius 2 is 1.84 bits per heavy atom. The SMILES string of the molecule is Nc1nc(-c2ccc(NC(=O)CN(CCc3cscn3)C(=O)c3ccncc3)cc2)cs1. The molecule has 10 heteroatoms. The topological polar surface area (TPSA) is 114 Å². The van der Waals surface area contributed by atoms with Crippen molar-refractivity contribution in [1.29, 1.82) is 0 Å². The Morgan fingerprint density at radius 1 is 1.06 bits per heavy atom. The van der Waals surface area contributed by atoms with Gasteiger partial charge in [0.15, 0.2) is 5.13 Å². The van der Waals surface area contributed by atoms with Gasteiger partial charge in [-0.15, -0.1) is 22.7 Å². The molecule has 2 amide bonds. The lowest BCUT2D eigenvalue weighted by atomic mass is 10.1. The molecular formula is C22H20N6O2S2. The highest BCUT2D eigenvalue weighted by Crippen LogP contribution is 2.24. The summed E-state index contributed by atoms with van der Waals surface area (Å²) >= 11 is 2.88. The van der Waals surface area contributed by atoms with Crippen molar-refractivity contribution < 1.29 is 9.59 Å². The molecule has 0 saturated heterocycles. The third-order valence-electron chi connectivity index (χ3n) is 4.66. The van der Waals surface area contributed by atoms with E-state index in [0.29, 0.717) is 29.3 Å². The van der Waals surface area contributed by atoms with E-state index >= 15 is 0 Å². The number of hydrogen-bond acceptors (Lipinski definition) is 8. The molecule has 0 spiro atoms. The second-order valence-corrected chi connectivity index (χ2v) is 8.50. The fraction of sp³-hybridized carbons (Fsp3) is 0.136. The molecule has 0 saturated carbocycles. The average molecular weight is 465 g/mol. The Hall–Kier alpha value is -3.63. The molecule has 3 heterocycles. The summed E-state index contributed by atoms with van der Waals surface area (Å²) in [4.78, 5) is 39.7. The molecule has 3 N–H and O–H groups in total. The lowest BCUT2D eigenvalue weighted by Crippen LogP contribution is -2.39. The summed E-state index contributed by atoms with van der Waals surface area (Å²) in [6, 6.07) is 10.6. The average Bonchev–Trinajstić information content (AvgIpc) is 3.49. The molecule has 32 heavy (non-hydrogen) atoms. The van der Waals surface area contributed by atoms with Crippen molar-refractivity contribution in [1.82, 2.24) is 19.9 Å². The number of amides is 2. The summed E-state index contributed by atoms with van der Waals surface area (Å²) < 4.78 is 0. The van der Waals surface area contributed by atoms with Crippen LogP contribution in [0.1, 0.15) is 16.1 Å². The zero-order valence-corrected chi connectivity index (χ0v) is 18.6. The number of nitrogens with two attached hydrogens (primary N) is 1. The molecule has 162 valence electrons. The van der Waals surface area contributed by atoms with E-state index < -0.39 is 0 Å². The van der Waals surface area contributed by atoms with Crippen molar-refractivity contribution >= 4 is 45.3 Å². The Morgan fingerprint density at radius 3 is 2.50 bits per heavy atom. The number of nitrogens with zero attached hydrogens (tertiary/aromatic N) is 4. The minimum Gasteiger partial charge on any atom is -0.375 e. The van der Waals surface area contributed by atoms with Crippen molar-refractivity contribution in [3.63, 3.8) is 0 Å². The number of nitrogen functional groups attached to an aromatic ring is 1. The smallest absolute Gasteiger partial charge is 0.254 e. The number of nitrogens with one attached hydrogen (secondary N) is 1. The van der Waals surface area contributed by atoms with Gasteiger partial charge in [0.1, 0.15) is 6.54 Å². The van der Waals surface area contributed by atoms with Gasteiger partial charge in [0.2, 0.25) is 5.91 Å². The first-order valence-electron chi connectivity index (χ1n) is 9.76. The van der Waals surface area contributed by atoms with E-state index in [2.05, 4.69) is 20.3 Å². The van der Waals surface area contributed by atoms with Gasteiger partial charge < -0.3 is 16.0 Å². The quantitative estimate of drug-likeness (QED) is 0.412. The molecule has 0 bridgehead atoms. The van der Waals surface area contributed by atoms with Crippen LogP contribution < -0.4 is 11.1 Å². The third kappa shape index (κ3) is 5.54. The number of anilines is 2. The molecule has 0 aliphatic heterocycles. The van der Waals surface area contributed by atoms with E-state index in [4.69, 9.17) is 5.73 Å². The van der Waals surface area contributed by atoms with Crippen LogP contribution in [0.3, 0.4) is 0 Å². The van der Waals surface area contributed by atoms with Gasteiger partial charge in [-0.2, -0.15) is 0 Å². The second kappa shape index (κ2) is 10.1. The summed E-state index contributed by atoms with van der Waals surface area (Å²) in [5.74, 6) is -0.509. The van der Waals surface area contributed by atoms with Gasteiger partial charge in [0.25, 0.3) is 5.91 Å². The molecule has 0 aliphatic carbocycles. The van der Waals surface area contributed by atoms with Crippen LogP contribution in [0.4, 0.5) is 10.8 Å². The number of pyridine rings is 1. The van der Waals surface area contributed by atoms with E-state index in [1.165, 1.54) is 27.6 Å². The normalized spacial score (nSPS) is 10.6. The zero-order valence-electron chi connectivity index (χ0n) is 17.0. The molecule has 0 unspecified atom stereocenters. The van der Waals surface area contributed by atoms with Gasteiger partial charge in [0.05, 0.1) is 16.9 Å². The molecular weight excluding hydrogens is 444 g/mol. The summed E-state index contributed by atoms with van der Waals surface area (Å²) in [6.07, 6.45) is 3.69. The van der Waals surface area contributed by atoms with Crippen LogP contribution in [0, 0.1) is 0 Å². The lowest BCUT2D eigenvalue weighted by Gasteiger charge is -2.22. The number of rotatable bonds is 8. The van der Waals surface area contributed by atoms with Gasteiger partial charge >= 0.3 is 0 Å². The second-order valence-electron chi connectivity index (χ2n) is 6.89. The number of carbonyl (C=O) groups excluding carboxylic acids is 2. The summed E-state index contributed by atoms with van der Waals surface area (Å²) in [7, 11) is 0. The van der Waals surface area contributed by atoms with Crippen LogP contribution in [0.15, 0.2) is 65.1 Å². The lowest BCUT2D eigenvalue weighted by molar-refractivity contribution is -0.116. The first-order chi connectivity index (χ1) is 15.6. The maximum atomic E-state index is 13.0. The van der Waals surface area contributed by atoms with Crippen LogP contribution in [0.25, 0.3) is 11.3 Å². The Balaban J connectivity index is 1.42. The number of thiazole rings is 2. The maximum absolute atomic E-state index is 13.0. The highest BCUT2D eigenvalue weighted by molar-refractivity contribution is 7.13. The van der Waals surface area contributed by atoms with Gasteiger partial charge in [-0.1, -0.05) is 12.1 Å². The monoisotopic (exact) mass is 464 g/mol. The van der Waals surface area contributed by atoms with E-state index in [9.17, 15) is 9.59 Å². The molecule has 0 aliphatic rings. The zero-order chi connectivity index (χ0) is 22.3. The van der Waals surface area contributed by atoms with Crippen LogP contribution in [0.2, 0.25) is 0 Å². The molecule has 0 radical (unpaired) electrons. The number of hydrogen-bond donors (Lipinski definition) is 2. The predicted octanol–water partition coefficient (Wildman–Crippen LogP) is 3.57.